The standard InChI is InChI=1S/C18H24N2O/c1-13-5-3-6-14(2)18(13)17(11-19)20(15-8-9-15)12-16-7-4-10-21-16/h3-7,10,15,17H,8-9,11-12,19H2,1-2H3. The molecule has 21 heavy (non-hydrogen) atoms. The third kappa shape index (κ3) is 3.04. The molecular weight excluding hydrogens is 260 g/mol. The monoisotopic (exact) mass is 284 g/mol. The second-order valence-electron chi connectivity index (χ2n) is 6.04. The Labute approximate surface area is 126 Å². The first-order chi connectivity index (χ1) is 10.2. The Morgan fingerprint density at radius 3 is 2.43 bits per heavy atom. The highest BCUT2D eigenvalue weighted by atomic mass is 16.3. The van der Waals surface area contributed by atoms with Gasteiger partial charge in [0.05, 0.1) is 12.8 Å². The van der Waals surface area contributed by atoms with Crippen molar-refractivity contribution in [1.29, 1.82) is 0 Å². The Bertz CT molecular complexity index is 567. The first-order valence-corrected chi connectivity index (χ1v) is 7.75. The van der Waals surface area contributed by atoms with Crippen LogP contribution >= 0.6 is 0 Å². The minimum Gasteiger partial charge on any atom is -0.468 e. The SMILES string of the molecule is Cc1cccc(C)c1C(CN)N(Cc1ccco1)C1CC1. The van der Waals surface area contributed by atoms with E-state index in [2.05, 4.69) is 36.9 Å². The highest BCUT2D eigenvalue weighted by Crippen LogP contribution is 2.37. The van der Waals surface area contributed by atoms with Gasteiger partial charge < -0.3 is 10.2 Å². The molecule has 2 aromatic rings. The van der Waals surface area contributed by atoms with Gasteiger partial charge in [0.15, 0.2) is 0 Å². The second-order valence-corrected chi connectivity index (χ2v) is 6.04. The molecule has 112 valence electrons. The lowest BCUT2D eigenvalue weighted by Crippen LogP contribution is -2.36. The van der Waals surface area contributed by atoms with Crippen LogP contribution in [0.2, 0.25) is 0 Å². The molecule has 1 heterocycles. The lowest BCUT2D eigenvalue weighted by atomic mass is 9.94. The molecule has 0 spiro atoms. The highest BCUT2D eigenvalue weighted by Gasteiger charge is 2.35. The molecule has 1 aliphatic rings. The average molecular weight is 284 g/mol. The Morgan fingerprint density at radius 2 is 1.90 bits per heavy atom. The van der Waals surface area contributed by atoms with Crippen molar-refractivity contribution >= 4 is 0 Å². The fourth-order valence-electron chi connectivity index (χ4n) is 3.25. The van der Waals surface area contributed by atoms with Crippen molar-refractivity contribution in [2.75, 3.05) is 6.54 Å². The summed E-state index contributed by atoms with van der Waals surface area (Å²) < 4.78 is 5.55. The van der Waals surface area contributed by atoms with Crippen LogP contribution in [0.5, 0.6) is 0 Å². The van der Waals surface area contributed by atoms with Gasteiger partial charge in [0, 0.05) is 18.6 Å². The van der Waals surface area contributed by atoms with Crippen LogP contribution in [0.25, 0.3) is 0 Å². The summed E-state index contributed by atoms with van der Waals surface area (Å²) in [5.74, 6) is 1.02. The molecule has 1 aromatic carbocycles. The zero-order chi connectivity index (χ0) is 14.8. The molecular formula is C18H24N2O. The fraction of sp³-hybridized carbons (Fsp3) is 0.444. The summed E-state index contributed by atoms with van der Waals surface area (Å²) in [6.07, 6.45) is 4.28. The summed E-state index contributed by atoms with van der Waals surface area (Å²) >= 11 is 0. The summed E-state index contributed by atoms with van der Waals surface area (Å²) in [5, 5.41) is 0. The van der Waals surface area contributed by atoms with Crippen LogP contribution in [0.15, 0.2) is 41.0 Å². The Morgan fingerprint density at radius 1 is 1.19 bits per heavy atom. The molecule has 0 saturated heterocycles. The third-order valence-electron chi connectivity index (χ3n) is 4.43. The van der Waals surface area contributed by atoms with E-state index in [0.717, 1.165) is 12.3 Å². The number of furan rings is 1. The van der Waals surface area contributed by atoms with Crippen LogP contribution in [0.1, 0.15) is 41.3 Å². The predicted molar refractivity (Wildman–Crippen MR) is 85.0 cm³/mol. The van der Waals surface area contributed by atoms with Crippen LogP contribution in [0.4, 0.5) is 0 Å². The molecule has 0 amide bonds. The summed E-state index contributed by atoms with van der Waals surface area (Å²) in [5.41, 5.74) is 10.2. The van der Waals surface area contributed by atoms with Gasteiger partial charge in [-0.3, -0.25) is 4.90 Å². The van der Waals surface area contributed by atoms with Gasteiger partial charge in [-0.05, 0) is 55.5 Å². The average Bonchev–Trinajstić information content (AvgIpc) is 3.18. The zero-order valence-corrected chi connectivity index (χ0v) is 12.9. The van der Waals surface area contributed by atoms with Crippen LogP contribution in [-0.2, 0) is 6.54 Å². The number of hydrogen-bond acceptors (Lipinski definition) is 3. The Balaban J connectivity index is 1.92. The highest BCUT2D eigenvalue weighted by molar-refractivity contribution is 5.36. The maximum atomic E-state index is 6.17. The number of rotatable bonds is 6. The third-order valence-corrected chi connectivity index (χ3v) is 4.43. The zero-order valence-electron chi connectivity index (χ0n) is 12.9. The van der Waals surface area contributed by atoms with E-state index < -0.39 is 0 Å². The molecule has 1 saturated carbocycles. The van der Waals surface area contributed by atoms with Crippen LogP contribution in [0, 0.1) is 13.8 Å². The van der Waals surface area contributed by atoms with Crippen molar-refractivity contribution in [3.63, 3.8) is 0 Å². The smallest absolute Gasteiger partial charge is 0.117 e. The fourth-order valence-corrected chi connectivity index (χ4v) is 3.25. The van der Waals surface area contributed by atoms with Crippen molar-refractivity contribution in [1.82, 2.24) is 4.90 Å². The van der Waals surface area contributed by atoms with Crippen molar-refractivity contribution in [2.24, 2.45) is 5.73 Å². The lowest BCUT2D eigenvalue weighted by Gasteiger charge is -2.32. The van der Waals surface area contributed by atoms with E-state index in [4.69, 9.17) is 10.2 Å². The first kappa shape index (κ1) is 14.4. The van der Waals surface area contributed by atoms with Gasteiger partial charge in [-0.25, -0.2) is 0 Å². The van der Waals surface area contributed by atoms with Gasteiger partial charge >= 0.3 is 0 Å². The summed E-state index contributed by atoms with van der Waals surface area (Å²) in [4.78, 5) is 2.52. The van der Waals surface area contributed by atoms with Gasteiger partial charge in [-0.2, -0.15) is 0 Å². The normalized spacial score (nSPS) is 16.4. The lowest BCUT2D eigenvalue weighted by molar-refractivity contribution is 0.167. The summed E-state index contributed by atoms with van der Waals surface area (Å²) in [6.45, 7) is 5.85. The van der Waals surface area contributed by atoms with Gasteiger partial charge in [0.2, 0.25) is 0 Å². The number of benzene rings is 1. The number of aryl methyl sites for hydroxylation is 2. The van der Waals surface area contributed by atoms with Crippen LogP contribution in [0.3, 0.4) is 0 Å². The summed E-state index contributed by atoms with van der Waals surface area (Å²) in [7, 11) is 0. The van der Waals surface area contributed by atoms with Crippen molar-refractivity contribution in [2.45, 2.75) is 45.3 Å². The molecule has 1 aliphatic carbocycles. The molecule has 1 aromatic heterocycles. The van der Waals surface area contributed by atoms with Crippen molar-refractivity contribution in [3.8, 4) is 0 Å². The minimum atomic E-state index is 0.267. The quantitative estimate of drug-likeness (QED) is 0.882. The molecule has 3 rings (SSSR count). The summed E-state index contributed by atoms with van der Waals surface area (Å²) in [6, 6.07) is 11.4. The van der Waals surface area contributed by atoms with Crippen LogP contribution in [-0.4, -0.2) is 17.5 Å². The Hall–Kier alpha value is -1.58. The predicted octanol–water partition coefficient (Wildman–Crippen LogP) is 3.56. The molecule has 0 bridgehead atoms. The number of nitrogens with two attached hydrogens (primary N) is 1. The number of nitrogens with zero attached hydrogens (tertiary/aromatic N) is 1. The van der Waals surface area contributed by atoms with Gasteiger partial charge in [-0.1, -0.05) is 18.2 Å². The molecule has 1 unspecified atom stereocenters. The topological polar surface area (TPSA) is 42.4 Å². The van der Waals surface area contributed by atoms with Gasteiger partial charge in [0.1, 0.15) is 5.76 Å². The van der Waals surface area contributed by atoms with Crippen molar-refractivity contribution < 1.29 is 4.42 Å². The van der Waals surface area contributed by atoms with Crippen LogP contribution < -0.4 is 5.73 Å². The van der Waals surface area contributed by atoms with Gasteiger partial charge in [-0.15, -0.1) is 0 Å². The van der Waals surface area contributed by atoms with E-state index >= 15 is 0 Å². The second kappa shape index (κ2) is 6.04. The molecule has 3 heteroatoms. The largest absolute Gasteiger partial charge is 0.468 e. The molecule has 2 N–H and O–H groups in total. The molecule has 1 fully saturated rings. The van der Waals surface area contributed by atoms with E-state index in [1.165, 1.54) is 29.5 Å². The molecule has 3 nitrogen and oxygen atoms in total. The maximum Gasteiger partial charge on any atom is 0.117 e. The van der Waals surface area contributed by atoms with E-state index in [9.17, 15) is 0 Å². The van der Waals surface area contributed by atoms with E-state index in [0.29, 0.717) is 12.6 Å². The van der Waals surface area contributed by atoms with E-state index in [-0.39, 0.29) is 6.04 Å². The van der Waals surface area contributed by atoms with E-state index in [1.807, 2.05) is 12.1 Å². The maximum absolute atomic E-state index is 6.17. The number of hydrogen-bond donors (Lipinski definition) is 1. The minimum absolute atomic E-state index is 0.267. The van der Waals surface area contributed by atoms with Gasteiger partial charge in [0.25, 0.3) is 0 Å². The van der Waals surface area contributed by atoms with E-state index in [1.54, 1.807) is 6.26 Å². The molecule has 0 radical (unpaired) electrons. The Kier molecular flexibility index (Phi) is 4.13. The van der Waals surface area contributed by atoms with Crippen molar-refractivity contribution in [3.05, 3.63) is 59.0 Å². The molecule has 1 atom stereocenters. The molecule has 0 aliphatic heterocycles. The first-order valence-electron chi connectivity index (χ1n) is 7.75.